The number of unbranched alkanes of at least 4 members (excludes halogenated alkanes) is 4. The minimum atomic E-state index is -0.167. The van der Waals surface area contributed by atoms with Crippen LogP contribution in [0.5, 0.6) is 0 Å². The summed E-state index contributed by atoms with van der Waals surface area (Å²) in [6, 6.07) is 0. The van der Waals surface area contributed by atoms with E-state index in [9.17, 15) is 0 Å². The number of hydrogen-bond donors (Lipinski definition) is 3. The molecule has 0 unspecified atom stereocenters. The van der Waals surface area contributed by atoms with Crippen LogP contribution in [0.1, 0.15) is 93.9 Å². The molecule has 0 aromatic carbocycles. The van der Waals surface area contributed by atoms with Gasteiger partial charge in [0.05, 0.1) is 0 Å². The van der Waals surface area contributed by atoms with Crippen LogP contribution < -0.4 is 0 Å². The molecule has 0 aliphatic heterocycles. The van der Waals surface area contributed by atoms with E-state index in [-0.39, 0.29) is 40.0 Å². The van der Waals surface area contributed by atoms with Gasteiger partial charge < -0.3 is 21.1 Å². The summed E-state index contributed by atoms with van der Waals surface area (Å²) in [7, 11) is 0. The minimum Gasteiger partial charge on any atom is -0.394 e. The van der Waals surface area contributed by atoms with Crippen molar-refractivity contribution in [1.29, 1.82) is 0 Å². The first-order valence-corrected chi connectivity index (χ1v) is 8.95. The molecule has 0 fully saturated rings. The van der Waals surface area contributed by atoms with Crippen LogP contribution in [0, 0.1) is 6.08 Å². The van der Waals surface area contributed by atoms with Crippen molar-refractivity contribution in [2.75, 3.05) is 0 Å². The van der Waals surface area contributed by atoms with E-state index in [1.165, 1.54) is 25.7 Å². The summed E-state index contributed by atoms with van der Waals surface area (Å²) >= 11 is 0. The van der Waals surface area contributed by atoms with E-state index < -0.39 is 0 Å². The van der Waals surface area contributed by atoms with Crippen molar-refractivity contribution in [3.8, 4) is 0 Å². The fraction of sp³-hybridized carbons (Fsp3) is 0.850. The van der Waals surface area contributed by atoms with Crippen molar-refractivity contribution in [2.24, 2.45) is 0 Å². The Labute approximate surface area is 167 Å². The molecule has 4 heteroatoms. The molecule has 3 N–H and O–H groups in total. The smallest absolute Gasteiger partial charge is 0.0483 e. The maximum absolute atomic E-state index is 8.06. The van der Waals surface area contributed by atoms with Gasteiger partial charge >= 0.3 is 0 Å². The molecule has 0 spiro atoms. The molecule has 146 valence electrons. The van der Waals surface area contributed by atoms with Crippen molar-refractivity contribution in [3.63, 3.8) is 0 Å². The SMILES string of the molecule is CC(C)O.CC(C)O.CC(C)O.CCCC[C-]=C=CCCCC.[Ti]. The zero-order valence-corrected chi connectivity index (χ0v) is 19.0. The molecular weight excluding hydrogens is 336 g/mol. The van der Waals surface area contributed by atoms with Crippen LogP contribution in [0.2, 0.25) is 0 Å². The summed E-state index contributed by atoms with van der Waals surface area (Å²) in [4.78, 5) is 0. The van der Waals surface area contributed by atoms with Crippen LogP contribution in [0.25, 0.3) is 0 Å². The van der Waals surface area contributed by atoms with E-state index in [0.717, 1.165) is 12.8 Å². The molecule has 0 aliphatic rings. The van der Waals surface area contributed by atoms with Gasteiger partial charge in [0.1, 0.15) is 0 Å². The average Bonchev–Trinajstić information content (AvgIpc) is 2.36. The van der Waals surface area contributed by atoms with Crippen LogP contribution in [0.3, 0.4) is 0 Å². The Morgan fingerprint density at radius 1 is 0.792 bits per heavy atom. The molecule has 0 heterocycles. The molecule has 0 aromatic rings. The molecule has 0 radical (unpaired) electrons. The number of rotatable bonds is 6. The molecule has 0 bridgehead atoms. The average molecular weight is 379 g/mol. The predicted molar refractivity (Wildman–Crippen MR) is 102 cm³/mol. The first kappa shape index (κ1) is 35.3. The molecule has 3 nitrogen and oxygen atoms in total. The fourth-order valence-electron chi connectivity index (χ4n) is 0.788. The zero-order chi connectivity index (χ0) is 19.1. The standard InChI is InChI=1S/C11H19.3C3H8O.Ti/c1-3-5-7-9-11-10-8-6-4-2;3*1-3(2)4;/h9H,3-8H2,1-2H3;3*3-4H,1-2H3;/q-1;;;;. The van der Waals surface area contributed by atoms with Crippen LogP contribution in [-0.4, -0.2) is 33.6 Å². The van der Waals surface area contributed by atoms with E-state index >= 15 is 0 Å². The van der Waals surface area contributed by atoms with E-state index in [1.54, 1.807) is 41.5 Å². The van der Waals surface area contributed by atoms with Crippen molar-refractivity contribution in [1.82, 2.24) is 0 Å². The second-order valence-electron chi connectivity index (χ2n) is 6.05. The largest absolute Gasteiger partial charge is 0.394 e. The van der Waals surface area contributed by atoms with Gasteiger partial charge in [-0.1, -0.05) is 46.0 Å². The Morgan fingerprint density at radius 3 is 1.42 bits per heavy atom. The Morgan fingerprint density at radius 2 is 1.12 bits per heavy atom. The molecule has 0 atom stereocenters. The van der Waals surface area contributed by atoms with Gasteiger partial charge in [0.2, 0.25) is 0 Å². The summed E-state index contributed by atoms with van der Waals surface area (Å²) in [5, 5.41) is 24.2. The van der Waals surface area contributed by atoms with Crippen LogP contribution in [0.4, 0.5) is 0 Å². The van der Waals surface area contributed by atoms with Crippen LogP contribution in [0.15, 0.2) is 11.8 Å². The molecule has 0 saturated heterocycles. The Hall–Kier alpha value is 0.114. The van der Waals surface area contributed by atoms with Gasteiger partial charge in [0.25, 0.3) is 0 Å². The van der Waals surface area contributed by atoms with Crippen molar-refractivity contribution in [2.45, 2.75) is 112 Å². The van der Waals surface area contributed by atoms with Gasteiger partial charge in [-0.3, -0.25) is 0 Å². The predicted octanol–water partition coefficient (Wildman–Crippen LogP) is 5.04. The monoisotopic (exact) mass is 379 g/mol. The minimum absolute atomic E-state index is 0. The van der Waals surface area contributed by atoms with E-state index in [1.807, 2.05) is 0 Å². The third kappa shape index (κ3) is 150. The normalized spacial score (nSPS) is 8.58. The van der Waals surface area contributed by atoms with Crippen molar-refractivity contribution >= 4 is 0 Å². The van der Waals surface area contributed by atoms with Gasteiger partial charge in [-0.2, -0.15) is 6.08 Å². The van der Waals surface area contributed by atoms with Gasteiger partial charge in [-0.05, 0) is 41.5 Å². The number of allylic oxidation sites excluding steroid dienone is 1. The van der Waals surface area contributed by atoms with E-state index in [0.29, 0.717) is 0 Å². The van der Waals surface area contributed by atoms with Gasteiger partial charge in [-0.25, -0.2) is 6.08 Å². The maximum Gasteiger partial charge on any atom is 0.0483 e. The number of hydrogen-bond acceptors (Lipinski definition) is 3. The van der Waals surface area contributed by atoms with Crippen molar-refractivity contribution in [3.05, 3.63) is 17.9 Å². The Bertz CT molecular complexity index is 199. The van der Waals surface area contributed by atoms with Crippen LogP contribution in [-0.2, 0) is 21.7 Å². The quantitative estimate of drug-likeness (QED) is 0.262. The number of aliphatic hydroxyl groups is 3. The maximum atomic E-state index is 8.06. The van der Waals surface area contributed by atoms with E-state index in [2.05, 4.69) is 31.7 Å². The third-order valence-electron chi connectivity index (χ3n) is 1.56. The molecule has 0 rings (SSSR count). The van der Waals surface area contributed by atoms with Gasteiger partial charge in [0, 0.05) is 40.0 Å². The summed E-state index contributed by atoms with van der Waals surface area (Å²) in [6.07, 6.45) is 12.0. The first-order chi connectivity index (χ1) is 10.6. The van der Waals surface area contributed by atoms with Gasteiger partial charge in [0.15, 0.2) is 0 Å². The summed E-state index contributed by atoms with van der Waals surface area (Å²) < 4.78 is 0. The molecule has 0 saturated carbocycles. The molecule has 0 aliphatic carbocycles. The molecule has 0 aromatic heterocycles. The fourth-order valence-corrected chi connectivity index (χ4v) is 0.788. The second-order valence-corrected chi connectivity index (χ2v) is 6.05. The molecule has 24 heavy (non-hydrogen) atoms. The van der Waals surface area contributed by atoms with Crippen LogP contribution >= 0.6 is 0 Å². The Balaban J connectivity index is -0.0000000772. The van der Waals surface area contributed by atoms with E-state index in [4.69, 9.17) is 15.3 Å². The second kappa shape index (κ2) is 34.4. The number of aliphatic hydroxyl groups excluding tert-OH is 3. The summed E-state index contributed by atoms with van der Waals surface area (Å²) in [5.41, 5.74) is 3.08. The summed E-state index contributed by atoms with van der Waals surface area (Å²) in [6.45, 7) is 14.7. The first-order valence-electron chi connectivity index (χ1n) is 8.95. The van der Waals surface area contributed by atoms with Gasteiger partial charge in [-0.15, -0.1) is 6.42 Å². The summed E-state index contributed by atoms with van der Waals surface area (Å²) in [5.74, 6) is 0. The molecule has 0 amide bonds. The third-order valence-corrected chi connectivity index (χ3v) is 1.56. The topological polar surface area (TPSA) is 60.7 Å². The Kier molecular flexibility index (Phi) is 50.6. The van der Waals surface area contributed by atoms with Crippen molar-refractivity contribution < 1.29 is 37.0 Å². The zero-order valence-electron chi connectivity index (χ0n) is 17.4. The molecular formula is C20H43O3Ti-.